The van der Waals surface area contributed by atoms with Crippen molar-refractivity contribution in [1.29, 1.82) is 0 Å². The molecule has 1 N–H and O–H groups in total. The molecule has 1 rings (SSSR count). The highest BCUT2D eigenvalue weighted by Gasteiger charge is 2.11. The average Bonchev–Trinajstić information content (AvgIpc) is 2.31. The second kappa shape index (κ2) is 6.95. The smallest absolute Gasteiger partial charge is 0.227 e. The Morgan fingerprint density at radius 3 is 2.94 bits per heavy atom. The molecule has 0 aliphatic rings. The van der Waals surface area contributed by atoms with E-state index in [9.17, 15) is 4.79 Å². The number of rotatable bonds is 6. The number of aromatic nitrogens is 1. The molecule has 0 radical (unpaired) electrons. The van der Waals surface area contributed by atoms with Gasteiger partial charge < -0.3 is 10.0 Å². The summed E-state index contributed by atoms with van der Waals surface area (Å²) >= 11 is 0. The second-order valence-electron chi connectivity index (χ2n) is 3.59. The van der Waals surface area contributed by atoms with Crippen LogP contribution in [0, 0.1) is 0 Å². The summed E-state index contributed by atoms with van der Waals surface area (Å²) < 4.78 is 0. The van der Waals surface area contributed by atoms with E-state index in [4.69, 9.17) is 5.11 Å². The van der Waals surface area contributed by atoms with Crippen LogP contribution in [-0.2, 0) is 11.2 Å². The topological polar surface area (TPSA) is 53.4 Å². The molecule has 0 saturated heterocycles. The fourth-order valence-electron chi connectivity index (χ4n) is 1.51. The third-order valence-corrected chi connectivity index (χ3v) is 2.40. The fraction of sp³-hybridized carbons (Fsp3) is 0.500. The highest BCUT2D eigenvalue weighted by atomic mass is 16.3. The summed E-state index contributed by atoms with van der Waals surface area (Å²) in [7, 11) is 0. The summed E-state index contributed by atoms with van der Waals surface area (Å²) in [4.78, 5) is 17.6. The monoisotopic (exact) mass is 222 g/mol. The quantitative estimate of drug-likeness (QED) is 0.776. The Kier molecular flexibility index (Phi) is 5.50. The number of hydrogen-bond acceptors (Lipinski definition) is 3. The van der Waals surface area contributed by atoms with Gasteiger partial charge in [-0.1, -0.05) is 6.07 Å². The van der Waals surface area contributed by atoms with Gasteiger partial charge >= 0.3 is 0 Å². The van der Waals surface area contributed by atoms with Gasteiger partial charge in [-0.25, -0.2) is 0 Å². The van der Waals surface area contributed by atoms with E-state index in [0.29, 0.717) is 25.9 Å². The van der Waals surface area contributed by atoms with E-state index >= 15 is 0 Å². The van der Waals surface area contributed by atoms with Crippen molar-refractivity contribution in [2.75, 3.05) is 19.7 Å². The number of likely N-dealkylation sites (N-methyl/N-ethyl adjacent to an activating group) is 1. The summed E-state index contributed by atoms with van der Waals surface area (Å²) in [6.45, 7) is 3.36. The normalized spacial score (nSPS) is 10.1. The molecule has 88 valence electrons. The number of carbonyl (C=O) groups is 1. The molecule has 16 heavy (non-hydrogen) atoms. The third kappa shape index (κ3) is 3.98. The van der Waals surface area contributed by atoms with Crippen molar-refractivity contribution >= 4 is 5.91 Å². The molecule has 1 aromatic rings. The van der Waals surface area contributed by atoms with Gasteiger partial charge in [-0.2, -0.15) is 0 Å². The molecule has 1 aromatic heterocycles. The molecular formula is C12H18N2O2. The number of pyridine rings is 1. The van der Waals surface area contributed by atoms with E-state index in [1.54, 1.807) is 17.3 Å². The van der Waals surface area contributed by atoms with Gasteiger partial charge in [0, 0.05) is 32.1 Å². The lowest BCUT2D eigenvalue weighted by Gasteiger charge is -2.20. The average molecular weight is 222 g/mol. The van der Waals surface area contributed by atoms with Crippen LogP contribution in [0.3, 0.4) is 0 Å². The van der Waals surface area contributed by atoms with Crippen LogP contribution in [0.4, 0.5) is 0 Å². The van der Waals surface area contributed by atoms with Crippen LogP contribution >= 0.6 is 0 Å². The summed E-state index contributed by atoms with van der Waals surface area (Å²) in [6.07, 6.45) is 4.41. The summed E-state index contributed by atoms with van der Waals surface area (Å²) in [5, 5.41) is 8.73. The van der Waals surface area contributed by atoms with Crippen LogP contribution in [0.5, 0.6) is 0 Å². The Hall–Kier alpha value is -1.42. The Morgan fingerprint density at radius 1 is 1.56 bits per heavy atom. The second-order valence-corrected chi connectivity index (χ2v) is 3.59. The zero-order valence-corrected chi connectivity index (χ0v) is 9.59. The van der Waals surface area contributed by atoms with Crippen LogP contribution in [0.25, 0.3) is 0 Å². The van der Waals surface area contributed by atoms with E-state index in [1.165, 1.54) is 0 Å². The molecule has 1 heterocycles. The number of nitrogens with zero attached hydrogens (tertiary/aromatic N) is 2. The number of amides is 1. The molecule has 0 bridgehead atoms. The van der Waals surface area contributed by atoms with Crippen molar-refractivity contribution in [3.8, 4) is 0 Å². The predicted octanol–water partition coefficient (Wildman–Crippen LogP) is 0.855. The van der Waals surface area contributed by atoms with E-state index in [2.05, 4.69) is 4.98 Å². The minimum atomic E-state index is 0.0870. The van der Waals surface area contributed by atoms with Crippen molar-refractivity contribution in [2.45, 2.75) is 19.8 Å². The van der Waals surface area contributed by atoms with Crippen molar-refractivity contribution in [2.24, 2.45) is 0 Å². The summed E-state index contributed by atoms with van der Waals surface area (Å²) in [6, 6.07) is 3.72. The lowest BCUT2D eigenvalue weighted by Crippen LogP contribution is -2.33. The van der Waals surface area contributed by atoms with Crippen LogP contribution in [-0.4, -0.2) is 40.6 Å². The van der Waals surface area contributed by atoms with Gasteiger partial charge in [0.2, 0.25) is 5.91 Å². The SMILES string of the molecule is CCN(CCCO)C(=O)Cc1cccnc1. The molecule has 0 aromatic carbocycles. The fourth-order valence-corrected chi connectivity index (χ4v) is 1.51. The maximum Gasteiger partial charge on any atom is 0.227 e. The maximum absolute atomic E-state index is 11.9. The Bertz CT molecular complexity index is 314. The first-order valence-electron chi connectivity index (χ1n) is 5.55. The van der Waals surface area contributed by atoms with Crippen LogP contribution in [0.2, 0.25) is 0 Å². The van der Waals surface area contributed by atoms with Gasteiger partial charge in [0.05, 0.1) is 6.42 Å². The van der Waals surface area contributed by atoms with E-state index < -0.39 is 0 Å². The number of aliphatic hydroxyl groups is 1. The van der Waals surface area contributed by atoms with Gasteiger partial charge in [0.15, 0.2) is 0 Å². The standard InChI is InChI=1S/C12H18N2O2/c1-2-14(7-4-8-15)12(16)9-11-5-3-6-13-10-11/h3,5-6,10,15H,2,4,7-9H2,1H3. The first-order valence-corrected chi connectivity index (χ1v) is 5.55. The van der Waals surface area contributed by atoms with Gasteiger partial charge in [0.1, 0.15) is 0 Å². The Labute approximate surface area is 95.9 Å². The Balaban J connectivity index is 2.49. The third-order valence-electron chi connectivity index (χ3n) is 2.40. The van der Waals surface area contributed by atoms with Crippen molar-refractivity contribution < 1.29 is 9.90 Å². The van der Waals surface area contributed by atoms with E-state index in [0.717, 1.165) is 5.56 Å². The van der Waals surface area contributed by atoms with Crippen molar-refractivity contribution in [3.05, 3.63) is 30.1 Å². The molecule has 0 saturated carbocycles. The van der Waals surface area contributed by atoms with Gasteiger partial charge in [-0.15, -0.1) is 0 Å². The molecule has 0 aliphatic carbocycles. The zero-order valence-electron chi connectivity index (χ0n) is 9.59. The van der Waals surface area contributed by atoms with Gasteiger partial charge in [-0.05, 0) is 25.0 Å². The summed E-state index contributed by atoms with van der Waals surface area (Å²) in [5.41, 5.74) is 0.926. The van der Waals surface area contributed by atoms with Crippen molar-refractivity contribution in [3.63, 3.8) is 0 Å². The first-order chi connectivity index (χ1) is 7.77. The zero-order chi connectivity index (χ0) is 11.8. The minimum absolute atomic E-state index is 0.0870. The molecule has 4 nitrogen and oxygen atoms in total. The van der Waals surface area contributed by atoms with Crippen LogP contribution in [0.1, 0.15) is 18.9 Å². The highest BCUT2D eigenvalue weighted by Crippen LogP contribution is 2.02. The van der Waals surface area contributed by atoms with Gasteiger partial charge in [-0.3, -0.25) is 9.78 Å². The number of aliphatic hydroxyl groups excluding tert-OH is 1. The first kappa shape index (κ1) is 12.6. The van der Waals surface area contributed by atoms with Crippen molar-refractivity contribution in [1.82, 2.24) is 9.88 Å². The number of carbonyl (C=O) groups excluding carboxylic acids is 1. The molecule has 1 amide bonds. The van der Waals surface area contributed by atoms with E-state index in [1.807, 2.05) is 19.1 Å². The maximum atomic E-state index is 11.9. The molecular weight excluding hydrogens is 204 g/mol. The lowest BCUT2D eigenvalue weighted by atomic mass is 10.2. The molecule has 0 aliphatic heterocycles. The summed E-state index contributed by atoms with van der Waals surface area (Å²) in [5.74, 6) is 0.0870. The lowest BCUT2D eigenvalue weighted by molar-refractivity contribution is -0.130. The van der Waals surface area contributed by atoms with Crippen LogP contribution < -0.4 is 0 Å². The largest absolute Gasteiger partial charge is 0.396 e. The predicted molar refractivity (Wildman–Crippen MR) is 61.9 cm³/mol. The molecule has 0 unspecified atom stereocenters. The molecule has 0 fully saturated rings. The van der Waals surface area contributed by atoms with Crippen LogP contribution in [0.15, 0.2) is 24.5 Å². The molecule has 4 heteroatoms. The van der Waals surface area contributed by atoms with E-state index in [-0.39, 0.29) is 12.5 Å². The molecule has 0 atom stereocenters. The minimum Gasteiger partial charge on any atom is -0.396 e. The molecule has 0 spiro atoms. The Morgan fingerprint density at radius 2 is 2.38 bits per heavy atom. The van der Waals surface area contributed by atoms with Gasteiger partial charge in [0.25, 0.3) is 0 Å². The highest BCUT2D eigenvalue weighted by molar-refractivity contribution is 5.78. The number of hydrogen-bond donors (Lipinski definition) is 1.